The van der Waals surface area contributed by atoms with E-state index in [1.54, 1.807) is 7.11 Å². The number of fused-ring (bicyclic) bond motifs is 2. The summed E-state index contributed by atoms with van der Waals surface area (Å²) in [7, 11) is 1.66. The Labute approximate surface area is 127 Å². The van der Waals surface area contributed by atoms with Crippen molar-refractivity contribution in [1.82, 2.24) is 9.55 Å². The number of hydrogen-bond donors (Lipinski definition) is 0. The molecule has 21 heavy (non-hydrogen) atoms. The van der Waals surface area contributed by atoms with Crippen molar-refractivity contribution >= 4 is 23.3 Å². The molecule has 0 amide bonds. The van der Waals surface area contributed by atoms with Gasteiger partial charge in [0.05, 0.1) is 12.5 Å². The summed E-state index contributed by atoms with van der Waals surface area (Å²) < 4.78 is 14.0. The van der Waals surface area contributed by atoms with Crippen molar-refractivity contribution in [3.63, 3.8) is 0 Å². The Morgan fingerprint density at radius 3 is 2.86 bits per heavy atom. The van der Waals surface area contributed by atoms with E-state index in [2.05, 4.69) is 9.55 Å². The number of benzene rings is 1. The van der Waals surface area contributed by atoms with Crippen molar-refractivity contribution < 1.29 is 9.15 Å². The maximum Gasteiger partial charge on any atom is 0.231 e. The summed E-state index contributed by atoms with van der Waals surface area (Å²) in [5.41, 5.74) is 1.63. The maximum absolute atomic E-state index is 5.90. The lowest BCUT2D eigenvalue weighted by atomic mass is 10.1. The van der Waals surface area contributed by atoms with E-state index in [0.29, 0.717) is 5.71 Å². The average molecular weight is 298 g/mol. The van der Waals surface area contributed by atoms with Gasteiger partial charge < -0.3 is 13.7 Å². The van der Waals surface area contributed by atoms with Crippen LogP contribution in [0.4, 0.5) is 0 Å². The molecule has 3 heterocycles. The number of nitrogens with zero attached hydrogens (tertiary/aromatic N) is 2. The summed E-state index contributed by atoms with van der Waals surface area (Å²) in [6.07, 6.45) is 2.08. The Hall–Kier alpha value is -2.14. The van der Waals surface area contributed by atoms with E-state index >= 15 is 0 Å². The molecule has 5 heteroatoms. The second kappa shape index (κ2) is 4.70. The Kier molecular flexibility index (Phi) is 2.82. The van der Waals surface area contributed by atoms with Crippen LogP contribution in [0, 0.1) is 4.64 Å². The first kappa shape index (κ1) is 12.6. The maximum atomic E-state index is 5.90. The number of aromatic nitrogens is 2. The van der Waals surface area contributed by atoms with Crippen LogP contribution in [0.2, 0.25) is 0 Å². The number of aryl methyl sites for hydroxylation is 1. The Bertz CT molecular complexity index is 878. The van der Waals surface area contributed by atoms with Crippen molar-refractivity contribution in [1.29, 1.82) is 0 Å². The predicted molar refractivity (Wildman–Crippen MR) is 83.1 cm³/mol. The molecule has 0 N–H and O–H groups in total. The predicted octanol–water partition coefficient (Wildman–Crippen LogP) is 3.98. The van der Waals surface area contributed by atoms with Gasteiger partial charge in [-0.1, -0.05) is 12.2 Å². The third-order valence-electron chi connectivity index (χ3n) is 3.89. The molecule has 2 aromatic heterocycles. The average Bonchev–Trinajstić information content (AvgIpc) is 3.14. The summed E-state index contributed by atoms with van der Waals surface area (Å²) in [5, 5.41) is 0.918. The third kappa shape index (κ3) is 1.96. The highest BCUT2D eigenvalue weighted by molar-refractivity contribution is 7.71. The number of rotatable bonds is 2. The van der Waals surface area contributed by atoms with Gasteiger partial charge in [0.1, 0.15) is 22.0 Å². The molecule has 4 rings (SSSR count). The number of furan rings is 1. The van der Waals surface area contributed by atoms with Crippen molar-refractivity contribution in [2.24, 2.45) is 0 Å². The summed E-state index contributed by atoms with van der Waals surface area (Å²) in [6, 6.07) is 9.76. The minimum Gasteiger partial charge on any atom is -0.497 e. The molecule has 0 fully saturated rings. The van der Waals surface area contributed by atoms with Crippen molar-refractivity contribution in [2.75, 3.05) is 7.11 Å². The number of methoxy groups -OCH3 is 1. The van der Waals surface area contributed by atoms with Crippen LogP contribution >= 0.6 is 12.2 Å². The lowest BCUT2D eigenvalue weighted by molar-refractivity contribution is 0.415. The highest BCUT2D eigenvalue weighted by Crippen LogP contribution is 2.30. The first-order valence-electron chi connectivity index (χ1n) is 6.94. The summed E-state index contributed by atoms with van der Waals surface area (Å²) in [6.45, 7) is 0.958. The zero-order valence-corrected chi connectivity index (χ0v) is 12.4. The van der Waals surface area contributed by atoms with Crippen molar-refractivity contribution in [3.05, 3.63) is 40.8 Å². The van der Waals surface area contributed by atoms with E-state index in [1.165, 1.54) is 0 Å². The molecule has 106 valence electrons. The van der Waals surface area contributed by atoms with Gasteiger partial charge in [-0.2, -0.15) is 4.98 Å². The van der Waals surface area contributed by atoms with Crippen LogP contribution in [-0.4, -0.2) is 16.7 Å². The van der Waals surface area contributed by atoms with Crippen LogP contribution in [0.1, 0.15) is 12.2 Å². The van der Waals surface area contributed by atoms with Crippen molar-refractivity contribution in [3.8, 4) is 17.1 Å². The molecule has 0 aliphatic carbocycles. The zero-order valence-electron chi connectivity index (χ0n) is 11.6. The van der Waals surface area contributed by atoms with Crippen molar-refractivity contribution in [2.45, 2.75) is 19.4 Å². The molecular weight excluding hydrogens is 284 g/mol. The van der Waals surface area contributed by atoms with Gasteiger partial charge in [-0.25, -0.2) is 0 Å². The first-order chi connectivity index (χ1) is 10.3. The van der Waals surface area contributed by atoms with Gasteiger partial charge in [0.15, 0.2) is 0 Å². The van der Waals surface area contributed by atoms with Gasteiger partial charge in [0, 0.05) is 18.5 Å². The topological polar surface area (TPSA) is 40.2 Å². The van der Waals surface area contributed by atoms with Crippen LogP contribution in [0.15, 0.2) is 34.7 Å². The minimum atomic E-state index is 0.638. The molecule has 0 radical (unpaired) electrons. The minimum absolute atomic E-state index is 0.638. The summed E-state index contributed by atoms with van der Waals surface area (Å²) >= 11 is 5.57. The molecule has 4 nitrogen and oxygen atoms in total. The highest BCUT2D eigenvalue weighted by Gasteiger charge is 2.17. The third-order valence-corrected chi connectivity index (χ3v) is 4.33. The van der Waals surface area contributed by atoms with E-state index < -0.39 is 0 Å². The Morgan fingerprint density at radius 1 is 1.29 bits per heavy atom. The molecule has 0 saturated carbocycles. The van der Waals surface area contributed by atoms with Crippen LogP contribution in [0.5, 0.6) is 5.75 Å². The molecule has 1 aliphatic rings. The van der Waals surface area contributed by atoms with E-state index in [4.69, 9.17) is 21.4 Å². The van der Waals surface area contributed by atoms with Gasteiger partial charge in [0.2, 0.25) is 5.71 Å². The molecule has 1 aliphatic heterocycles. The molecule has 0 atom stereocenters. The molecule has 0 bridgehead atoms. The van der Waals surface area contributed by atoms with Gasteiger partial charge >= 0.3 is 0 Å². The molecule has 0 spiro atoms. The van der Waals surface area contributed by atoms with Gasteiger partial charge in [-0.3, -0.25) is 0 Å². The van der Waals surface area contributed by atoms with E-state index in [1.807, 2.05) is 30.3 Å². The quantitative estimate of drug-likeness (QED) is 0.671. The van der Waals surface area contributed by atoms with Gasteiger partial charge in [-0.15, -0.1) is 0 Å². The lowest BCUT2D eigenvalue weighted by Gasteiger charge is -2.02. The summed E-state index contributed by atoms with van der Waals surface area (Å²) in [4.78, 5) is 4.60. The number of ether oxygens (including phenoxy) is 1. The molecule has 0 saturated heterocycles. The SMILES string of the molecule is COc1ccc(-c2cc3c(=S)n4c(nc3o2)CCC4)cc1. The lowest BCUT2D eigenvalue weighted by Crippen LogP contribution is -2.00. The van der Waals surface area contributed by atoms with Crippen LogP contribution in [0.3, 0.4) is 0 Å². The fourth-order valence-electron chi connectivity index (χ4n) is 2.77. The Morgan fingerprint density at radius 2 is 2.10 bits per heavy atom. The zero-order chi connectivity index (χ0) is 14.4. The van der Waals surface area contributed by atoms with E-state index in [-0.39, 0.29) is 0 Å². The Balaban J connectivity index is 1.87. The van der Waals surface area contributed by atoms with Gasteiger partial charge in [-0.05, 0) is 36.8 Å². The smallest absolute Gasteiger partial charge is 0.231 e. The van der Waals surface area contributed by atoms with Crippen LogP contribution < -0.4 is 4.74 Å². The van der Waals surface area contributed by atoms with Crippen LogP contribution in [-0.2, 0) is 13.0 Å². The normalized spacial score (nSPS) is 13.6. The number of hydrogen-bond acceptors (Lipinski definition) is 4. The second-order valence-electron chi connectivity index (χ2n) is 5.15. The van der Waals surface area contributed by atoms with Gasteiger partial charge in [0.25, 0.3) is 0 Å². The van der Waals surface area contributed by atoms with Crippen LogP contribution in [0.25, 0.3) is 22.4 Å². The molecular formula is C16H14N2O2S. The fourth-order valence-corrected chi connectivity index (χ4v) is 3.12. The summed E-state index contributed by atoms with van der Waals surface area (Å²) in [5.74, 6) is 2.64. The largest absolute Gasteiger partial charge is 0.497 e. The highest BCUT2D eigenvalue weighted by atomic mass is 32.1. The fraction of sp³-hybridized carbons (Fsp3) is 0.250. The second-order valence-corrected chi connectivity index (χ2v) is 5.53. The van der Waals surface area contributed by atoms with E-state index in [0.717, 1.165) is 52.3 Å². The molecule has 1 aromatic carbocycles. The standard InChI is InChI=1S/C16H14N2O2S/c1-19-11-6-4-10(5-7-11)13-9-12-15(20-13)17-14-3-2-8-18(14)16(12)21/h4-7,9H,2-3,8H2,1H3. The molecule has 0 unspecified atom stereocenters. The monoisotopic (exact) mass is 298 g/mol. The van der Waals surface area contributed by atoms with E-state index in [9.17, 15) is 0 Å². The molecule has 3 aromatic rings. The first-order valence-corrected chi connectivity index (χ1v) is 7.35.